The van der Waals surface area contributed by atoms with E-state index in [4.69, 9.17) is 5.14 Å². The second-order valence-electron chi connectivity index (χ2n) is 2.09. The van der Waals surface area contributed by atoms with Crippen molar-refractivity contribution in [3.05, 3.63) is 17.0 Å². The molecule has 0 aliphatic rings. The highest BCUT2D eigenvalue weighted by atomic mass is 32.2. The Kier molecular flexibility index (Phi) is 3.25. The molecule has 0 aliphatic carbocycles. The maximum absolute atomic E-state index is 5.39. The van der Waals surface area contributed by atoms with Gasteiger partial charge in [0.05, 0.1) is 4.21 Å². The summed E-state index contributed by atoms with van der Waals surface area (Å²) in [7, 11) is 0. The molecule has 0 fully saturated rings. The van der Waals surface area contributed by atoms with Crippen molar-refractivity contribution in [2.75, 3.05) is 0 Å². The van der Waals surface area contributed by atoms with Crippen LogP contribution in [0.4, 0.5) is 0 Å². The zero-order valence-electron chi connectivity index (χ0n) is 5.96. The molecule has 0 amide bonds. The molecule has 0 unspecified atom stereocenters. The first-order valence-corrected chi connectivity index (χ1v) is 5.02. The van der Waals surface area contributed by atoms with Gasteiger partial charge in [-0.1, -0.05) is 13.3 Å². The first-order valence-electron chi connectivity index (χ1n) is 3.32. The van der Waals surface area contributed by atoms with Crippen molar-refractivity contribution in [3.8, 4) is 0 Å². The van der Waals surface area contributed by atoms with E-state index in [1.165, 1.54) is 33.9 Å². The van der Waals surface area contributed by atoms with Crippen molar-refractivity contribution in [1.29, 1.82) is 0 Å². The number of hydrogen-bond donors (Lipinski definition) is 1. The predicted octanol–water partition coefficient (Wildman–Crippen LogP) is 2.67. The minimum Gasteiger partial charge on any atom is -0.273 e. The lowest BCUT2D eigenvalue weighted by Gasteiger charge is -1.87. The predicted molar refractivity (Wildman–Crippen MR) is 48.4 cm³/mol. The maximum Gasteiger partial charge on any atom is 0.0752 e. The topological polar surface area (TPSA) is 26.0 Å². The standard InChI is InChI=1S/C7H11NS2/c1-2-3-6-4-5-7(9-6)10-8/h4-5H,2-3,8H2,1H3. The highest BCUT2D eigenvalue weighted by Gasteiger charge is 1.96. The monoisotopic (exact) mass is 173 g/mol. The van der Waals surface area contributed by atoms with E-state index in [0.29, 0.717) is 0 Å². The third-order valence-electron chi connectivity index (χ3n) is 1.25. The Bertz CT molecular complexity index is 195. The van der Waals surface area contributed by atoms with Crippen molar-refractivity contribution >= 4 is 23.3 Å². The number of hydrogen-bond acceptors (Lipinski definition) is 3. The van der Waals surface area contributed by atoms with Gasteiger partial charge in [-0.3, -0.25) is 5.14 Å². The number of thiophene rings is 1. The van der Waals surface area contributed by atoms with Crippen LogP contribution in [-0.2, 0) is 6.42 Å². The van der Waals surface area contributed by atoms with Crippen molar-refractivity contribution in [2.24, 2.45) is 5.14 Å². The molecule has 2 N–H and O–H groups in total. The van der Waals surface area contributed by atoms with Crippen LogP contribution in [0.2, 0.25) is 0 Å². The molecule has 56 valence electrons. The van der Waals surface area contributed by atoms with Gasteiger partial charge in [0.2, 0.25) is 0 Å². The average molecular weight is 173 g/mol. The van der Waals surface area contributed by atoms with Gasteiger partial charge in [-0.15, -0.1) is 11.3 Å². The summed E-state index contributed by atoms with van der Waals surface area (Å²) in [6, 6.07) is 4.24. The Morgan fingerprint density at radius 2 is 2.40 bits per heavy atom. The third-order valence-corrected chi connectivity index (χ3v) is 3.10. The Morgan fingerprint density at radius 1 is 1.60 bits per heavy atom. The molecule has 0 saturated heterocycles. The molecule has 1 aromatic rings. The largest absolute Gasteiger partial charge is 0.273 e. The van der Waals surface area contributed by atoms with Crippen molar-refractivity contribution in [2.45, 2.75) is 24.0 Å². The van der Waals surface area contributed by atoms with Gasteiger partial charge in [0.15, 0.2) is 0 Å². The fourth-order valence-electron chi connectivity index (χ4n) is 0.802. The van der Waals surface area contributed by atoms with E-state index in [1.807, 2.05) is 0 Å². The van der Waals surface area contributed by atoms with Crippen molar-refractivity contribution in [1.82, 2.24) is 0 Å². The van der Waals surface area contributed by atoms with E-state index < -0.39 is 0 Å². The summed E-state index contributed by atoms with van der Waals surface area (Å²) >= 11 is 3.13. The van der Waals surface area contributed by atoms with E-state index in [0.717, 1.165) is 0 Å². The summed E-state index contributed by atoms with van der Waals surface area (Å²) in [4.78, 5) is 1.44. The molecule has 3 heteroatoms. The van der Waals surface area contributed by atoms with Gasteiger partial charge in [-0.05, 0) is 30.5 Å². The Morgan fingerprint density at radius 3 is 2.90 bits per heavy atom. The first kappa shape index (κ1) is 8.11. The molecule has 0 aromatic carbocycles. The summed E-state index contributed by atoms with van der Waals surface area (Å²) in [5.41, 5.74) is 0. The van der Waals surface area contributed by atoms with Gasteiger partial charge in [0.1, 0.15) is 0 Å². The van der Waals surface area contributed by atoms with Crippen LogP contribution in [0.3, 0.4) is 0 Å². The van der Waals surface area contributed by atoms with Crippen LogP contribution in [0.5, 0.6) is 0 Å². The summed E-state index contributed by atoms with van der Waals surface area (Å²) < 4.78 is 1.21. The zero-order valence-corrected chi connectivity index (χ0v) is 7.60. The fraction of sp³-hybridized carbons (Fsp3) is 0.429. The lowest BCUT2D eigenvalue weighted by molar-refractivity contribution is 0.940. The molecule has 1 nitrogen and oxygen atoms in total. The zero-order chi connectivity index (χ0) is 7.40. The highest BCUT2D eigenvalue weighted by Crippen LogP contribution is 2.23. The average Bonchev–Trinajstić information content (AvgIpc) is 2.37. The van der Waals surface area contributed by atoms with Crippen LogP contribution >= 0.6 is 23.3 Å². The molecule has 1 heterocycles. The molecule has 0 atom stereocenters. The minimum absolute atomic E-state index is 1.19. The number of aryl methyl sites for hydroxylation is 1. The van der Waals surface area contributed by atoms with Gasteiger partial charge in [-0.2, -0.15) is 0 Å². The fourth-order valence-corrected chi connectivity index (χ4v) is 2.30. The Labute approximate surface area is 69.8 Å². The Balaban J connectivity index is 2.59. The maximum atomic E-state index is 5.39. The number of nitrogens with two attached hydrogens (primary N) is 1. The molecule has 0 aliphatic heterocycles. The lowest BCUT2D eigenvalue weighted by Crippen LogP contribution is -1.72. The van der Waals surface area contributed by atoms with E-state index in [9.17, 15) is 0 Å². The first-order chi connectivity index (χ1) is 4.86. The summed E-state index contributed by atoms with van der Waals surface area (Å²) in [5, 5.41) is 5.39. The molecule has 10 heavy (non-hydrogen) atoms. The second kappa shape index (κ2) is 4.01. The van der Waals surface area contributed by atoms with E-state index >= 15 is 0 Å². The summed E-state index contributed by atoms with van der Waals surface area (Å²) in [5.74, 6) is 0. The third kappa shape index (κ3) is 2.01. The van der Waals surface area contributed by atoms with Gasteiger partial charge < -0.3 is 0 Å². The van der Waals surface area contributed by atoms with Gasteiger partial charge in [0.25, 0.3) is 0 Å². The highest BCUT2D eigenvalue weighted by molar-refractivity contribution is 7.99. The second-order valence-corrected chi connectivity index (χ2v) is 4.19. The van der Waals surface area contributed by atoms with Crippen molar-refractivity contribution in [3.63, 3.8) is 0 Å². The van der Waals surface area contributed by atoms with Crippen LogP contribution in [-0.4, -0.2) is 0 Å². The molecule has 1 aromatic heterocycles. The Hall–Kier alpha value is 0.01000. The van der Waals surface area contributed by atoms with Gasteiger partial charge >= 0.3 is 0 Å². The minimum atomic E-state index is 1.19. The molecular formula is C7H11NS2. The van der Waals surface area contributed by atoms with Crippen LogP contribution < -0.4 is 5.14 Å². The van der Waals surface area contributed by atoms with Gasteiger partial charge in [0, 0.05) is 4.88 Å². The molecule has 0 radical (unpaired) electrons. The van der Waals surface area contributed by atoms with Crippen LogP contribution in [0.15, 0.2) is 16.3 Å². The quantitative estimate of drug-likeness (QED) is 0.711. The summed E-state index contributed by atoms with van der Waals surface area (Å²) in [6.45, 7) is 2.19. The smallest absolute Gasteiger partial charge is 0.0752 e. The summed E-state index contributed by atoms with van der Waals surface area (Å²) in [6.07, 6.45) is 2.40. The van der Waals surface area contributed by atoms with E-state index in [2.05, 4.69) is 19.1 Å². The molecule has 0 bridgehead atoms. The van der Waals surface area contributed by atoms with Crippen LogP contribution in [0, 0.1) is 0 Å². The van der Waals surface area contributed by atoms with Crippen LogP contribution in [0.1, 0.15) is 18.2 Å². The molecular weight excluding hydrogens is 162 g/mol. The SMILES string of the molecule is CCCc1ccc(SN)s1. The molecule has 0 saturated carbocycles. The van der Waals surface area contributed by atoms with Crippen molar-refractivity contribution < 1.29 is 0 Å². The van der Waals surface area contributed by atoms with Crippen LogP contribution in [0.25, 0.3) is 0 Å². The normalized spacial score (nSPS) is 10.2. The van der Waals surface area contributed by atoms with E-state index in [-0.39, 0.29) is 0 Å². The lowest BCUT2D eigenvalue weighted by atomic mass is 10.3. The number of rotatable bonds is 3. The van der Waals surface area contributed by atoms with E-state index in [1.54, 1.807) is 11.3 Å². The van der Waals surface area contributed by atoms with Gasteiger partial charge in [-0.25, -0.2) is 0 Å². The molecule has 0 spiro atoms. The molecule has 1 rings (SSSR count).